The van der Waals surface area contributed by atoms with E-state index in [1.807, 2.05) is 54.6 Å². The lowest BCUT2D eigenvalue weighted by Crippen LogP contribution is -2.58. The van der Waals surface area contributed by atoms with Crippen molar-refractivity contribution in [2.24, 2.45) is 27.9 Å². The molecule has 4 rings (SSSR count). The number of hydrogen-bond donors (Lipinski definition) is 9. The van der Waals surface area contributed by atoms with Crippen molar-refractivity contribution in [1.82, 2.24) is 30.9 Å². The van der Waals surface area contributed by atoms with Crippen LogP contribution in [0.5, 0.6) is 0 Å². The molecule has 15 heteroatoms. The molecule has 0 spiro atoms. The number of aromatic amines is 2. The van der Waals surface area contributed by atoms with E-state index >= 15 is 0 Å². The predicted molar refractivity (Wildman–Crippen MR) is 177 cm³/mol. The Morgan fingerprint density at radius 3 is 2.17 bits per heavy atom. The smallest absolute Gasteiger partial charge is 0.243 e. The number of aliphatic imine (C=N–C) groups is 1. The average molecular weight is 644 g/mol. The highest BCUT2D eigenvalue weighted by molar-refractivity contribution is 5.95. The number of aromatic nitrogens is 3. The molecule has 47 heavy (non-hydrogen) atoms. The van der Waals surface area contributed by atoms with Crippen LogP contribution in [0.1, 0.15) is 29.7 Å². The summed E-state index contributed by atoms with van der Waals surface area (Å²) in [5, 5.41) is 9.08. The van der Waals surface area contributed by atoms with E-state index in [1.165, 1.54) is 6.33 Å². The second-order valence-electron chi connectivity index (χ2n) is 11.2. The second kappa shape index (κ2) is 16.6. The molecule has 0 saturated carbocycles. The van der Waals surface area contributed by atoms with E-state index < -0.39 is 47.8 Å². The normalized spacial score (nSPS) is 13.6. The SMILES string of the molecule is NC(=O)[C@H](Cc1c[nH]c2ccccc12)NC(=O)[C@H](CCCN=C(N)N)NC(=O)[C@H](Cc1ccccc1)NC(=O)[C@@H](N)Cc1cnc[nH]1. The van der Waals surface area contributed by atoms with Gasteiger partial charge in [0.1, 0.15) is 18.1 Å². The van der Waals surface area contributed by atoms with Gasteiger partial charge in [-0.2, -0.15) is 0 Å². The summed E-state index contributed by atoms with van der Waals surface area (Å²) in [6.45, 7) is 0.198. The van der Waals surface area contributed by atoms with Gasteiger partial charge in [-0.05, 0) is 30.0 Å². The number of hydrogen-bond acceptors (Lipinski definition) is 7. The molecule has 4 amide bonds. The van der Waals surface area contributed by atoms with Crippen molar-refractivity contribution in [2.75, 3.05) is 6.54 Å². The number of nitrogens with one attached hydrogen (secondary N) is 5. The van der Waals surface area contributed by atoms with Gasteiger partial charge in [0.2, 0.25) is 23.6 Å². The van der Waals surface area contributed by atoms with Gasteiger partial charge in [-0.15, -0.1) is 0 Å². The van der Waals surface area contributed by atoms with Crippen molar-refractivity contribution in [3.8, 4) is 0 Å². The van der Waals surface area contributed by atoms with E-state index in [-0.39, 0.29) is 38.2 Å². The number of primary amides is 1. The highest BCUT2D eigenvalue weighted by Gasteiger charge is 2.30. The Balaban J connectivity index is 1.51. The fraction of sp³-hybridized carbons (Fsp3) is 0.312. The maximum Gasteiger partial charge on any atom is 0.243 e. The summed E-state index contributed by atoms with van der Waals surface area (Å²) in [6.07, 6.45) is 5.67. The van der Waals surface area contributed by atoms with E-state index in [9.17, 15) is 19.2 Å². The highest BCUT2D eigenvalue weighted by atomic mass is 16.2. The van der Waals surface area contributed by atoms with Crippen molar-refractivity contribution >= 4 is 40.5 Å². The largest absolute Gasteiger partial charge is 0.370 e. The molecule has 0 unspecified atom stereocenters. The summed E-state index contributed by atoms with van der Waals surface area (Å²) in [4.78, 5) is 67.0. The summed E-state index contributed by atoms with van der Waals surface area (Å²) in [5.41, 5.74) is 25.8. The van der Waals surface area contributed by atoms with Crippen molar-refractivity contribution in [3.05, 3.63) is 90.1 Å². The second-order valence-corrected chi connectivity index (χ2v) is 11.2. The Bertz CT molecular complexity index is 1670. The van der Waals surface area contributed by atoms with Gasteiger partial charge in [-0.25, -0.2) is 4.98 Å². The Labute approximate surface area is 271 Å². The summed E-state index contributed by atoms with van der Waals surface area (Å²) in [6, 6.07) is 12.4. The van der Waals surface area contributed by atoms with E-state index in [2.05, 4.69) is 35.9 Å². The van der Waals surface area contributed by atoms with Crippen LogP contribution in [-0.2, 0) is 38.4 Å². The number of H-pyrrole nitrogens is 2. The number of carbonyl (C=O) groups is 4. The molecule has 4 atom stereocenters. The van der Waals surface area contributed by atoms with Gasteiger partial charge < -0.3 is 48.9 Å². The third-order valence-electron chi connectivity index (χ3n) is 7.58. The molecule has 0 fully saturated rings. The van der Waals surface area contributed by atoms with Gasteiger partial charge in [-0.3, -0.25) is 24.2 Å². The monoisotopic (exact) mass is 643 g/mol. The number of nitrogens with zero attached hydrogens (tertiary/aromatic N) is 2. The fourth-order valence-electron chi connectivity index (χ4n) is 5.12. The molecule has 15 nitrogen and oxygen atoms in total. The number of rotatable bonds is 17. The lowest BCUT2D eigenvalue weighted by Gasteiger charge is -2.25. The van der Waals surface area contributed by atoms with Gasteiger partial charge in [0.05, 0.1) is 12.4 Å². The molecule has 0 bridgehead atoms. The van der Waals surface area contributed by atoms with Crippen LogP contribution < -0.4 is 38.9 Å². The molecular formula is C32H41N11O4. The minimum atomic E-state index is -1.12. The fourth-order valence-corrected chi connectivity index (χ4v) is 5.12. The van der Waals surface area contributed by atoms with Crippen LogP contribution >= 0.6 is 0 Å². The number of nitrogens with two attached hydrogens (primary N) is 4. The topological polar surface area (TPSA) is 265 Å². The lowest BCUT2D eigenvalue weighted by atomic mass is 10.0. The molecule has 2 aromatic carbocycles. The van der Waals surface area contributed by atoms with Gasteiger partial charge in [0.15, 0.2) is 5.96 Å². The number of benzene rings is 2. The number of imidazole rings is 1. The van der Waals surface area contributed by atoms with E-state index in [1.54, 1.807) is 12.4 Å². The number of fused-ring (bicyclic) bond motifs is 1. The lowest BCUT2D eigenvalue weighted by molar-refractivity contribution is -0.133. The first-order valence-corrected chi connectivity index (χ1v) is 15.2. The van der Waals surface area contributed by atoms with Crippen molar-refractivity contribution in [2.45, 2.75) is 56.3 Å². The van der Waals surface area contributed by atoms with Crippen molar-refractivity contribution in [1.29, 1.82) is 0 Å². The molecule has 0 aliphatic carbocycles. The quantitative estimate of drug-likeness (QED) is 0.0400. The first-order chi connectivity index (χ1) is 22.6. The third kappa shape index (κ3) is 10.2. The van der Waals surface area contributed by atoms with Crippen LogP contribution in [0, 0.1) is 0 Å². The number of amides is 4. The predicted octanol–water partition coefficient (Wildman–Crippen LogP) is -0.760. The minimum absolute atomic E-state index is 0.111. The molecule has 0 radical (unpaired) electrons. The van der Waals surface area contributed by atoms with E-state index in [4.69, 9.17) is 22.9 Å². The molecule has 0 aliphatic rings. The number of para-hydroxylation sites is 1. The van der Waals surface area contributed by atoms with Gasteiger partial charge in [0.25, 0.3) is 0 Å². The first kappa shape index (κ1) is 34.2. The minimum Gasteiger partial charge on any atom is -0.370 e. The zero-order valence-corrected chi connectivity index (χ0v) is 25.8. The van der Waals surface area contributed by atoms with Crippen LogP contribution in [0.3, 0.4) is 0 Å². The van der Waals surface area contributed by atoms with Crippen LogP contribution in [0.2, 0.25) is 0 Å². The summed E-state index contributed by atoms with van der Waals surface area (Å²) in [7, 11) is 0. The van der Waals surface area contributed by atoms with Crippen LogP contribution in [0.15, 0.2) is 78.3 Å². The molecule has 0 saturated heterocycles. The Morgan fingerprint density at radius 2 is 1.47 bits per heavy atom. The number of guanidine groups is 1. The summed E-state index contributed by atoms with van der Waals surface area (Å²) < 4.78 is 0. The van der Waals surface area contributed by atoms with Crippen LogP contribution in [0.25, 0.3) is 10.9 Å². The molecular weight excluding hydrogens is 602 g/mol. The van der Waals surface area contributed by atoms with Crippen molar-refractivity contribution in [3.63, 3.8) is 0 Å². The Morgan fingerprint density at radius 1 is 0.787 bits per heavy atom. The number of carbonyl (C=O) groups excluding carboxylic acids is 4. The van der Waals surface area contributed by atoms with E-state index in [0.717, 1.165) is 22.0 Å². The van der Waals surface area contributed by atoms with Gasteiger partial charge in [-0.1, -0.05) is 48.5 Å². The Kier molecular flexibility index (Phi) is 12.0. The molecule has 0 aliphatic heterocycles. The maximum atomic E-state index is 13.8. The molecule has 248 valence electrons. The van der Waals surface area contributed by atoms with Gasteiger partial charge >= 0.3 is 0 Å². The zero-order valence-electron chi connectivity index (χ0n) is 25.8. The van der Waals surface area contributed by atoms with Gasteiger partial charge in [0, 0.05) is 54.8 Å². The summed E-state index contributed by atoms with van der Waals surface area (Å²) >= 11 is 0. The third-order valence-corrected chi connectivity index (χ3v) is 7.58. The Hall–Kier alpha value is -5.70. The first-order valence-electron chi connectivity index (χ1n) is 15.2. The standard InChI is InChI=1S/C32H41N11O4/c33-23(15-21-17-37-18-40-21)29(45)43-27(13-19-7-2-1-3-8-19)31(47)41-25(11-6-12-38-32(35)36)30(46)42-26(28(34)44)14-20-16-39-24-10-5-4-9-22(20)24/h1-5,7-10,16-18,23,25-27,39H,6,11-15,33H2,(H2,34,44)(H,37,40)(H,41,47)(H,42,46)(H,43,45)(H4,35,36,38)/t23-,25-,26-,27-/m0/s1. The zero-order chi connectivity index (χ0) is 33.8. The molecule has 2 heterocycles. The van der Waals surface area contributed by atoms with Crippen molar-refractivity contribution < 1.29 is 19.2 Å². The van der Waals surface area contributed by atoms with E-state index in [0.29, 0.717) is 12.1 Å². The van der Waals surface area contributed by atoms with Crippen LogP contribution in [0.4, 0.5) is 0 Å². The maximum absolute atomic E-state index is 13.8. The molecule has 4 aromatic rings. The van der Waals surface area contributed by atoms with Crippen LogP contribution in [-0.4, -0.2) is 75.3 Å². The summed E-state index contributed by atoms with van der Waals surface area (Å²) in [5.74, 6) is -2.66. The highest BCUT2D eigenvalue weighted by Crippen LogP contribution is 2.19. The molecule has 13 N–H and O–H groups in total. The molecule has 2 aromatic heterocycles. The average Bonchev–Trinajstić information content (AvgIpc) is 3.72.